The van der Waals surface area contributed by atoms with Gasteiger partial charge in [0.15, 0.2) is 0 Å². The molecule has 2 aromatic rings. The van der Waals surface area contributed by atoms with E-state index in [0.717, 1.165) is 4.57 Å². The lowest BCUT2D eigenvalue weighted by molar-refractivity contribution is -0.255. The van der Waals surface area contributed by atoms with Gasteiger partial charge in [0.25, 0.3) is 5.56 Å². The van der Waals surface area contributed by atoms with Gasteiger partial charge in [0.2, 0.25) is 0 Å². The Hall–Kier alpha value is -3.42. The Kier molecular flexibility index (Phi) is 4.34. The van der Waals surface area contributed by atoms with Gasteiger partial charge in [-0.25, -0.2) is 4.79 Å². The van der Waals surface area contributed by atoms with Gasteiger partial charge >= 0.3 is 5.69 Å². The first-order valence-corrected chi connectivity index (χ1v) is 9.65. The van der Waals surface area contributed by atoms with Crippen molar-refractivity contribution in [2.75, 3.05) is 5.32 Å². The number of Topliss-reactive ketones (excluding diaryl/α,β-unsaturated/α-hetero) is 1. The molecule has 2 aliphatic rings. The molecule has 0 amide bonds. The molecule has 1 N–H and O–H groups in total. The van der Waals surface area contributed by atoms with Crippen molar-refractivity contribution in [2.24, 2.45) is 25.4 Å². The van der Waals surface area contributed by atoms with Crippen LogP contribution in [0.2, 0.25) is 0 Å². The molecule has 0 unspecified atom stereocenters. The molecule has 2 atom stereocenters. The van der Waals surface area contributed by atoms with E-state index in [1.54, 1.807) is 19.2 Å². The van der Waals surface area contributed by atoms with Gasteiger partial charge < -0.3 is 15.2 Å². The number of ketones is 1. The summed E-state index contributed by atoms with van der Waals surface area (Å²) in [5.41, 5.74) is 0.284. The van der Waals surface area contributed by atoms with Crippen molar-refractivity contribution in [3.05, 3.63) is 73.6 Å². The minimum Gasteiger partial charge on any atom is -0.545 e. The Bertz CT molecular complexity index is 1230. The number of allylic oxidation sites excluding steroid dienone is 2. The maximum Gasteiger partial charge on any atom is 0.332 e. The largest absolute Gasteiger partial charge is 0.545 e. The third-order valence-corrected chi connectivity index (χ3v) is 5.97. The topological polar surface area (TPSA) is 113 Å². The smallest absolute Gasteiger partial charge is 0.332 e. The molecule has 0 spiro atoms. The number of aromatic nitrogens is 2. The number of hydrogen-bond donors (Lipinski definition) is 1. The lowest BCUT2D eigenvalue weighted by atomic mass is 9.67. The lowest BCUT2D eigenvalue weighted by Gasteiger charge is -2.41. The summed E-state index contributed by atoms with van der Waals surface area (Å²) in [6.45, 7) is 3.91. The van der Waals surface area contributed by atoms with Crippen LogP contribution in [-0.2, 0) is 18.9 Å². The first kappa shape index (κ1) is 19.9. The fourth-order valence-electron chi connectivity index (χ4n) is 4.56. The maximum absolute atomic E-state index is 13.2. The van der Waals surface area contributed by atoms with Gasteiger partial charge in [-0.1, -0.05) is 44.2 Å². The highest BCUT2D eigenvalue weighted by Crippen LogP contribution is 2.47. The average Bonchev–Trinajstić information content (AvgIpc) is 2.68. The van der Waals surface area contributed by atoms with E-state index in [1.807, 2.05) is 19.9 Å². The summed E-state index contributed by atoms with van der Waals surface area (Å²) in [4.78, 5) is 50.0. The van der Waals surface area contributed by atoms with Crippen molar-refractivity contribution in [3.63, 3.8) is 0 Å². The van der Waals surface area contributed by atoms with Crippen LogP contribution in [0.1, 0.15) is 47.7 Å². The molecule has 4 rings (SSSR count). The number of anilines is 1. The molecule has 0 radical (unpaired) electrons. The van der Waals surface area contributed by atoms with Crippen LogP contribution in [0.3, 0.4) is 0 Å². The molecule has 1 aromatic carbocycles. The average molecular weight is 408 g/mol. The number of nitrogens with one attached hydrogen (secondary N) is 1. The monoisotopic (exact) mass is 408 g/mol. The standard InChI is InChI=1S/C22H23N3O5/c1-22(2)9-13-16(14(26)10-22)15(11-5-7-12(8-6-11)20(28)29)17-18(23-13)24(3)21(30)25(4)19(17)27/h5-9,15-16,23H,10H2,1-4H3,(H,28,29)/p-1/t15-,16-/m1/s1. The Labute approximate surface area is 172 Å². The fourth-order valence-corrected chi connectivity index (χ4v) is 4.56. The molecule has 0 bridgehead atoms. The van der Waals surface area contributed by atoms with E-state index in [2.05, 4.69) is 5.32 Å². The quantitative estimate of drug-likeness (QED) is 0.774. The van der Waals surface area contributed by atoms with Crippen LogP contribution < -0.4 is 21.7 Å². The van der Waals surface area contributed by atoms with E-state index in [9.17, 15) is 24.3 Å². The first-order valence-electron chi connectivity index (χ1n) is 9.65. The number of carboxylic acid groups (broad SMARTS) is 1. The second kappa shape index (κ2) is 6.55. The van der Waals surface area contributed by atoms with Crippen LogP contribution in [0.4, 0.5) is 5.82 Å². The van der Waals surface area contributed by atoms with Crippen molar-refractivity contribution < 1.29 is 14.7 Å². The number of aromatic carboxylic acids is 1. The zero-order valence-electron chi connectivity index (χ0n) is 17.2. The summed E-state index contributed by atoms with van der Waals surface area (Å²) >= 11 is 0. The van der Waals surface area contributed by atoms with Crippen molar-refractivity contribution >= 4 is 17.6 Å². The second-order valence-electron chi connectivity index (χ2n) is 8.69. The highest BCUT2D eigenvalue weighted by molar-refractivity contribution is 5.90. The number of hydrogen-bond acceptors (Lipinski definition) is 6. The van der Waals surface area contributed by atoms with Crippen molar-refractivity contribution in [3.8, 4) is 0 Å². The predicted molar refractivity (Wildman–Crippen MR) is 108 cm³/mol. The van der Waals surface area contributed by atoms with E-state index >= 15 is 0 Å². The van der Waals surface area contributed by atoms with Crippen molar-refractivity contribution in [2.45, 2.75) is 26.2 Å². The van der Waals surface area contributed by atoms with Crippen LogP contribution in [0, 0.1) is 11.3 Å². The molecule has 1 aromatic heterocycles. The van der Waals surface area contributed by atoms with Crippen LogP contribution in [0.15, 0.2) is 45.6 Å². The predicted octanol–water partition coefficient (Wildman–Crippen LogP) is 0.504. The van der Waals surface area contributed by atoms with E-state index < -0.39 is 29.1 Å². The normalized spacial score (nSPS) is 21.9. The maximum atomic E-state index is 13.2. The second-order valence-corrected chi connectivity index (χ2v) is 8.69. The Morgan fingerprint density at radius 1 is 1.07 bits per heavy atom. The van der Waals surface area contributed by atoms with Gasteiger partial charge in [-0.2, -0.15) is 0 Å². The third-order valence-electron chi connectivity index (χ3n) is 5.97. The van der Waals surface area contributed by atoms with E-state index in [0.29, 0.717) is 29.1 Å². The van der Waals surface area contributed by atoms with Crippen molar-refractivity contribution in [1.82, 2.24) is 9.13 Å². The Morgan fingerprint density at radius 2 is 1.70 bits per heavy atom. The molecule has 0 fully saturated rings. The minimum atomic E-state index is -1.30. The molecule has 2 heterocycles. The third kappa shape index (κ3) is 2.91. The molecule has 0 saturated heterocycles. The molecular formula is C22H22N3O5-. The van der Waals surface area contributed by atoms with Crippen molar-refractivity contribution in [1.29, 1.82) is 0 Å². The summed E-state index contributed by atoms with van der Waals surface area (Å²) in [6, 6.07) is 6.00. The molecule has 0 saturated carbocycles. The van der Waals surface area contributed by atoms with Gasteiger partial charge in [-0.05, 0) is 16.5 Å². The van der Waals surface area contributed by atoms with Gasteiger partial charge in [0, 0.05) is 32.1 Å². The summed E-state index contributed by atoms with van der Waals surface area (Å²) in [7, 11) is 2.97. The Balaban J connectivity index is 2.04. The summed E-state index contributed by atoms with van der Waals surface area (Å²) in [6.07, 6.45) is 2.30. The molecular weight excluding hydrogens is 386 g/mol. The first-order chi connectivity index (χ1) is 14.0. The highest BCUT2D eigenvalue weighted by Gasteiger charge is 2.45. The molecule has 8 nitrogen and oxygen atoms in total. The number of fused-ring (bicyclic) bond motifs is 2. The number of benzene rings is 1. The van der Waals surface area contributed by atoms with Gasteiger partial charge in [0.1, 0.15) is 11.6 Å². The lowest BCUT2D eigenvalue weighted by Crippen LogP contribution is -2.47. The van der Waals surface area contributed by atoms with Crippen LogP contribution >= 0.6 is 0 Å². The SMILES string of the molecule is Cn1c2c(c(=O)n(C)c1=O)[C@H](c1ccc(C(=O)[O-])cc1)[C@H]1C(=O)CC(C)(C)C=C1N2. The molecule has 30 heavy (non-hydrogen) atoms. The number of carboxylic acids is 1. The zero-order chi connectivity index (χ0) is 22.0. The van der Waals surface area contributed by atoms with Crippen LogP contribution in [-0.4, -0.2) is 20.9 Å². The molecule has 1 aliphatic heterocycles. The number of carbonyl (C=O) groups is 2. The van der Waals surface area contributed by atoms with Crippen LogP contribution in [0.5, 0.6) is 0 Å². The van der Waals surface area contributed by atoms with Gasteiger partial charge in [-0.15, -0.1) is 0 Å². The number of carbonyl (C=O) groups excluding carboxylic acids is 2. The number of nitrogens with zero attached hydrogens (tertiary/aromatic N) is 2. The molecule has 8 heteroatoms. The summed E-state index contributed by atoms with van der Waals surface area (Å²) in [5, 5.41) is 14.3. The zero-order valence-corrected chi connectivity index (χ0v) is 17.2. The molecule has 156 valence electrons. The van der Waals surface area contributed by atoms with Gasteiger partial charge in [0.05, 0.1) is 17.5 Å². The van der Waals surface area contributed by atoms with Crippen LogP contribution in [0.25, 0.3) is 0 Å². The van der Waals surface area contributed by atoms with E-state index in [1.165, 1.54) is 23.7 Å². The minimum absolute atomic E-state index is 0.00754. The van der Waals surface area contributed by atoms with E-state index in [-0.39, 0.29) is 16.8 Å². The van der Waals surface area contributed by atoms with E-state index in [4.69, 9.17) is 0 Å². The molecule has 1 aliphatic carbocycles. The number of rotatable bonds is 2. The fraction of sp³-hybridized carbons (Fsp3) is 0.364. The Morgan fingerprint density at radius 3 is 2.30 bits per heavy atom. The van der Waals surface area contributed by atoms with Gasteiger partial charge in [-0.3, -0.25) is 18.7 Å². The summed E-state index contributed by atoms with van der Waals surface area (Å²) in [5.74, 6) is -2.23. The summed E-state index contributed by atoms with van der Waals surface area (Å²) < 4.78 is 2.39. The highest BCUT2D eigenvalue weighted by atomic mass is 16.4.